The lowest BCUT2D eigenvalue weighted by Gasteiger charge is -2.37. The molecule has 2 rings (SSSR count). The van der Waals surface area contributed by atoms with Gasteiger partial charge in [0, 0.05) is 46.2 Å². The van der Waals surface area contributed by atoms with Crippen LogP contribution < -0.4 is 0 Å². The highest BCUT2D eigenvalue weighted by atomic mass is 16.2. The fraction of sp³-hybridized carbons (Fsp3) is 0.824. The molecule has 0 bridgehead atoms. The van der Waals surface area contributed by atoms with Gasteiger partial charge in [0.1, 0.15) is 5.41 Å². The van der Waals surface area contributed by atoms with E-state index in [9.17, 15) is 14.4 Å². The summed E-state index contributed by atoms with van der Waals surface area (Å²) in [5.41, 5.74) is -0.803. The molecule has 2 aliphatic rings. The molecule has 0 spiro atoms. The molecular formula is C17H29N3O3. The molecule has 0 aromatic heterocycles. The van der Waals surface area contributed by atoms with Crippen LogP contribution >= 0.6 is 0 Å². The van der Waals surface area contributed by atoms with Crippen LogP contribution in [0.5, 0.6) is 0 Å². The molecule has 130 valence electrons. The topological polar surface area (TPSA) is 60.9 Å². The van der Waals surface area contributed by atoms with Crippen LogP contribution in [-0.4, -0.2) is 71.7 Å². The predicted octanol–water partition coefficient (Wildman–Crippen LogP) is 1.11. The van der Waals surface area contributed by atoms with E-state index in [2.05, 4.69) is 13.8 Å². The third kappa shape index (κ3) is 3.67. The summed E-state index contributed by atoms with van der Waals surface area (Å²) < 4.78 is 0. The lowest BCUT2D eigenvalue weighted by Crippen LogP contribution is -2.54. The maximum absolute atomic E-state index is 12.9. The number of rotatable bonds is 6. The second-order valence-corrected chi connectivity index (χ2v) is 6.67. The van der Waals surface area contributed by atoms with Crippen LogP contribution in [0.3, 0.4) is 0 Å². The SMILES string of the molecule is CCCN(CCC)C(=O)C1(C(=O)N2CCN(C(C)=O)CC2)CC1. The average Bonchev–Trinajstić information content (AvgIpc) is 3.35. The first kappa shape index (κ1) is 17.8. The molecule has 0 radical (unpaired) electrons. The van der Waals surface area contributed by atoms with Crippen LogP contribution in [0.1, 0.15) is 46.5 Å². The van der Waals surface area contributed by atoms with Gasteiger partial charge in [-0.1, -0.05) is 13.8 Å². The first-order valence-electron chi connectivity index (χ1n) is 8.80. The Hall–Kier alpha value is -1.59. The molecule has 1 aliphatic carbocycles. The number of carbonyl (C=O) groups excluding carboxylic acids is 3. The molecule has 2 fully saturated rings. The zero-order chi connectivity index (χ0) is 17.0. The molecule has 3 amide bonds. The van der Waals surface area contributed by atoms with Crippen molar-refractivity contribution in [2.45, 2.75) is 46.5 Å². The third-order valence-corrected chi connectivity index (χ3v) is 4.86. The fourth-order valence-corrected chi connectivity index (χ4v) is 3.33. The van der Waals surface area contributed by atoms with Crippen LogP contribution in [0.25, 0.3) is 0 Å². The molecule has 1 saturated carbocycles. The number of amides is 3. The summed E-state index contributed by atoms with van der Waals surface area (Å²) in [7, 11) is 0. The Morgan fingerprint density at radius 3 is 1.78 bits per heavy atom. The second kappa shape index (κ2) is 7.32. The van der Waals surface area contributed by atoms with Crippen molar-refractivity contribution in [1.29, 1.82) is 0 Å². The number of nitrogens with zero attached hydrogens (tertiary/aromatic N) is 3. The maximum atomic E-state index is 12.9. The van der Waals surface area contributed by atoms with Crippen molar-refractivity contribution in [1.82, 2.24) is 14.7 Å². The molecule has 6 nitrogen and oxygen atoms in total. The van der Waals surface area contributed by atoms with Crippen molar-refractivity contribution in [3.63, 3.8) is 0 Å². The lowest BCUT2D eigenvalue weighted by molar-refractivity contribution is -0.152. The van der Waals surface area contributed by atoms with E-state index in [1.165, 1.54) is 0 Å². The third-order valence-electron chi connectivity index (χ3n) is 4.86. The van der Waals surface area contributed by atoms with Gasteiger partial charge in [0.25, 0.3) is 0 Å². The zero-order valence-electron chi connectivity index (χ0n) is 14.6. The summed E-state index contributed by atoms with van der Waals surface area (Å²) in [6, 6.07) is 0. The monoisotopic (exact) mass is 323 g/mol. The van der Waals surface area contributed by atoms with Gasteiger partial charge in [0.2, 0.25) is 17.7 Å². The molecule has 0 aromatic rings. The molecule has 0 aromatic carbocycles. The molecular weight excluding hydrogens is 294 g/mol. The van der Waals surface area contributed by atoms with E-state index >= 15 is 0 Å². The molecule has 23 heavy (non-hydrogen) atoms. The van der Waals surface area contributed by atoms with Crippen LogP contribution in [-0.2, 0) is 14.4 Å². The van der Waals surface area contributed by atoms with E-state index in [0.29, 0.717) is 39.0 Å². The van der Waals surface area contributed by atoms with Crippen molar-refractivity contribution in [3.05, 3.63) is 0 Å². The predicted molar refractivity (Wildman–Crippen MR) is 87.7 cm³/mol. The van der Waals surface area contributed by atoms with Crippen LogP contribution in [0.2, 0.25) is 0 Å². The Morgan fingerprint density at radius 1 is 0.913 bits per heavy atom. The standard InChI is InChI=1S/C17H29N3O3/c1-4-8-19(9-5-2)15(22)17(6-7-17)16(23)20-12-10-18(11-13-20)14(3)21/h4-13H2,1-3H3. The molecule has 0 atom stereocenters. The second-order valence-electron chi connectivity index (χ2n) is 6.67. The Bertz CT molecular complexity index is 460. The highest BCUT2D eigenvalue weighted by Crippen LogP contribution is 2.49. The minimum absolute atomic E-state index is 0.0141. The molecule has 0 unspecified atom stereocenters. The van der Waals surface area contributed by atoms with E-state index in [1.807, 2.05) is 4.90 Å². The van der Waals surface area contributed by atoms with Gasteiger partial charge < -0.3 is 14.7 Å². The Kier molecular flexibility index (Phi) is 5.65. The summed E-state index contributed by atoms with van der Waals surface area (Å²) in [6.45, 7) is 9.31. The van der Waals surface area contributed by atoms with E-state index in [4.69, 9.17) is 0 Å². The first-order chi connectivity index (χ1) is 11.0. The van der Waals surface area contributed by atoms with E-state index in [0.717, 1.165) is 25.9 Å². The molecule has 0 N–H and O–H groups in total. The molecule has 1 heterocycles. The van der Waals surface area contributed by atoms with E-state index < -0.39 is 5.41 Å². The lowest BCUT2D eigenvalue weighted by atomic mass is 10.0. The van der Waals surface area contributed by atoms with Gasteiger partial charge in [-0.15, -0.1) is 0 Å². The number of carbonyl (C=O) groups is 3. The number of hydrogen-bond donors (Lipinski definition) is 0. The van der Waals surface area contributed by atoms with Crippen LogP contribution in [0, 0.1) is 5.41 Å². The molecule has 1 aliphatic heterocycles. The minimum Gasteiger partial charge on any atom is -0.342 e. The molecule has 6 heteroatoms. The summed E-state index contributed by atoms with van der Waals surface area (Å²) in [5.74, 6) is 0.0366. The summed E-state index contributed by atoms with van der Waals surface area (Å²) in [4.78, 5) is 42.5. The minimum atomic E-state index is -0.803. The van der Waals surface area contributed by atoms with Gasteiger partial charge in [-0.25, -0.2) is 0 Å². The summed E-state index contributed by atoms with van der Waals surface area (Å²) >= 11 is 0. The number of piperazine rings is 1. The summed E-state index contributed by atoms with van der Waals surface area (Å²) in [5, 5.41) is 0. The van der Waals surface area contributed by atoms with Gasteiger partial charge in [-0.2, -0.15) is 0 Å². The highest BCUT2D eigenvalue weighted by Gasteiger charge is 2.59. The van der Waals surface area contributed by atoms with Crippen LogP contribution in [0.15, 0.2) is 0 Å². The van der Waals surface area contributed by atoms with Crippen molar-refractivity contribution in [2.75, 3.05) is 39.3 Å². The zero-order valence-corrected chi connectivity index (χ0v) is 14.6. The van der Waals surface area contributed by atoms with Gasteiger partial charge in [-0.05, 0) is 25.7 Å². The van der Waals surface area contributed by atoms with E-state index in [-0.39, 0.29) is 17.7 Å². The fourth-order valence-electron chi connectivity index (χ4n) is 3.33. The van der Waals surface area contributed by atoms with Gasteiger partial charge in [-0.3, -0.25) is 14.4 Å². The highest BCUT2D eigenvalue weighted by molar-refractivity contribution is 6.07. The normalized spacial score (nSPS) is 19.4. The maximum Gasteiger partial charge on any atom is 0.238 e. The van der Waals surface area contributed by atoms with Gasteiger partial charge >= 0.3 is 0 Å². The Labute approximate surface area is 138 Å². The van der Waals surface area contributed by atoms with Crippen molar-refractivity contribution in [3.8, 4) is 0 Å². The Morgan fingerprint density at radius 2 is 1.39 bits per heavy atom. The average molecular weight is 323 g/mol. The molecule has 1 saturated heterocycles. The number of hydrogen-bond acceptors (Lipinski definition) is 3. The van der Waals surface area contributed by atoms with Crippen molar-refractivity contribution in [2.24, 2.45) is 5.41 Å². The van der Waals surface area contributed by atoms with E-state index in [1.54, 1.807) is 16.7 Å². The smallest absolute Gasteiger partial charge is 0.238 e. The summed E-state index contributed by atoms with van der Waals surface area (Å²) in [6.07, 6.45) is 3.16. The van der Waals surface area contributed by atoms with Crippen LogP contribution in [0.4, 0.5) is 0 Å². The van der Waals surface area contributed by atoms with Gasteiger partial charge in [0.15, 0.2) is 0 Å². The quantitative estimate of drug-likeness (QED) is 0.688. The Balaban J connectivity index is 2.00. The first-order valence-corrected chi connectivity index (χ1v) is 8.80. The van der Waals surface area contributed by atoms with Crippen molar-refractivity contribution < 1.29 is 14.4 Å². The van der Waals surface area contributed by atoms with Crippen molar-refractivity contribution >= 4 is 17.7 Å². The largest absolute Gasteiger partial charge is 0.342 e. The van der Waals surface area contributed by atoms with Gasteiger partial charge in [0.05, 0.1) is 0 Å².